The maximum atomic E-state index is 11.6. The summed E-state index contributed by atoms with van der Waals surface area (Å²) in [5, 5.41) is 9.07. The quantitative estimate of drug-likeness (QED) is 0.404. The lowest BCUT2D eigenvalue weighted by Crippen LogP contribution is -2.42. The number of carbonyl (C=O) groups excluding carboxylic acids is 1. The molecular formula is C18H28N4O4. The molecule has 0 bridgehead atoms. The Morgan fingerprint density at radius 1 is 1.12 bits per heavy atom. The van der Waals surface area contributed by atoms with Gasteiger partial charge in [0.05, 0.1) is 0 Å². The molecule has 1 amide bonds. The van der Waals surface area contributed by atoms with E-state index in [1.54, 1.807) is 7.05 Å². The van der Waals surface area contributed by atoms with E-state index in [9.17, 15) is 4.79 Å². The fourth-order valence-corrected chi connectivity index (χ4v) is 2.30. The second-order valence-electron chi connectivity index (χ2n) is 6.79. The van der Waals surface area contributed by atoms with Crippen LogP contribution in [0, 0.1) is 0 Å². The molecule has 0 saturated carbocycles. The molecule has 1 aromatic rings. The molecule has 0 aliphatic carbocycles. The summed E-state index contributed by atoms with van der Waals surface area (Å²) in [6.07, 6.45) is 0.401. The number of carbonyl (C=O) groups is 1. The first-order chi connectivity index (χ1) is 12.4. The van der Waals surface area contributed by atoms with E-state index in [2.05, 4.69) is 20.9 Å². The van der Waals surface area contributed by atoms with Gasteiger partial charge in [0.15, 0.2) is 17.5 Å². The molecule has 8 heteroatoms. The topological polar surface area (TPSA) is 93.2 Å². The van der Waals surface area contributed by atoms with E-state index >= 15 is 0 Å². The minimum Gasteiger partial charge on any atom is -0.454 e. The first-order valence-corrected chi connectivity index (χ1v) is 8.67. The minimum atomic E-state index is -0.496. The molecule has 3 N–H and O–H groups in total. The van der Waals surface area contributed by atoms with Crippen molar-refractivity contribution in [3.05, 3.63) is 23.8 Å². The van der Waals surface area contributed by atoms with Crippen molar-refractivity contribution in [1.29, 1.82) is 0 Å². The highest BCUT2D eigenvalue weighted by atomic mass is 16.7. The molecule has 0 fully saturated rings. The van der Waals surface area contributed by atoms with Crippen molar-refractivity contribution in [2.24, 2.45) is 4.99 Å². The Balaban J connectivity index is 1.63. The van der Waals surface area contributed by atoms with Gasteiger partial charge in [-0.25, -0.2) is 4.79 Å². The van der Waals surface area contributed by atoms with E-state index in [0.717, 1.165) is 30.0 Å². The molecule has 0 unspecified atom stereocenters. The number of alkyl carbamates (subject to hydrolysis) is 1. The van der Waals surface area contributed by atoms with Gasteiger partial charge in [-0.1, -0.05) is 6.07 Å². The lowest BCUT2D eigenvalue weighted by Gasteiger charge is -2.19. The number of guanidine groups is 1. The maximum Gasteiger partial charge on any atom is 0.407 e. The Labute approximate surface area is 154 Å². The summed E-state index contributed by atoms with van der Waals surface area (Å²) in [5.41, 5.74) is 0.660. The fourth-order valence-electron chi connectivity index (χ4n) is 2.30. The molecule has 1 aliphatic heterocycles. The van der Waals surface area contributed by atoms with Gasteiger partial charge in [0, 0.05) is 26.7 Å². The number of nitrogens with zero attached hydrogens (tertiary/aromatic N) is 1. The van der Waals surface area contributed by atoms with Gasteiger partial charge in [-0.2, -0.15) is 0 Å². The Hall–Kier alpha value is -2.64. The highest BCUT2D eigenvalue weighted by Crippen LogP contribution is 2.32. The zero-order valence-electron chi connectivity index (χ0n) is 15.8. The molecule has 144 valence electrons. The van der Waals surface area contributed by atoms with Crippen molar-refractivity contribution in [1.82, 2.24) is 16.0 Å². The Bertz CT molecular complexity index is 641. The number of hydrogen-bond acceptors (Lipinski definition) is 5. The zero-order chi connectivity index (χ0) is 19.0. The smallest absolute Gasteiger partial charge is 0.407 e. The van der Waals surface area contributed by atoms with Crippen molar-refractivity contribution >= 4 is 12.1 Å². The van der Waals surface area contributed by atoms with Crippen molar-refractivity contribution in [2.45, 2.75) is 32.8 Å². The van der Waals surface area contributed by atoms with Crippen LogP contribution in [0.1, 0.15) is 26.3 Å². The van der Waals surface area contributed by atoms with Crippen LogP contribution in [0.4, 0.5) is 4.79 Å². The standard InChI is InChI=1S/C18H28N4O4/c1-18(2,3)26-17(23)22-10-9-21-16(19-4)20-8-7-13-5-6-14-15(11-13)25-12-24-14/h5-6,11H,7-10,12H2,1-4H3,(H,22,23)(H2,19,20,21). The van der Waals surface area contributed by atoms with Crippen LogP contribution in [0.25, 0.3) is 0 Å². The summed E-state index contributed by atoms with van der Waals surface area (Å²) in [7, 11) is 1.71. The average molecular weight is 364 g/mol. The van der Waals surface area contributed by atoms with E-state index in [1.807, 2.05) is 39.0 Å². The third-order valence-corrected chi connectivity index (χ3v) is 3.45. The molecule has 8 nitrogen and oxygen atoms in total. The second-order valence-corrected chi connectivity index (χ2v) is 6.79. The molecule has 1 aliphatic rings. The number of ether oxygens (including phenoxy) is 3. The van der Waals surface area contributed by atoms with Crippen LogP contribution in [0.3, 0.4) is 0 Å². The summed E-state index contributed by atoms with van der Waals surface area (Å²) >= 11 is 0. The first-order valence-electron chi connectivity index (χ1n) is 8.67. The number of amides is 1. The number of nitrogens with one attached hydrogen (secondary N) is 3. The zero-order valence-corrected chi connectivity index (χ0v) is 15.8. The molecule has 26 heavy (non-hydrogen) atoms. The molecule has 0 saturated heterocycles. The number of rotatable bonds is 6. The first kappa shape index (κ1) is 19.7. The van der Waals surface area contributed by atoms with Gasteiger partial charge >= 0.3 is 6.09 Å². The van der Waals surface area contributed by atoms with Crippen molar-refractivity contribution < 1.29 is 19.0 Å². The second kappa shape index (κ2) is 9.17. The highest BCUT2D eigenvalue weighted by molar-refractivity contribution is 5.79. The molecule has 0 atom stereocenters. The molecule has 0 spiro atoms. The van der Waals surface area contributed by atoms with Gasteiger partial charge in [-0.15, -0.1) is 0 Å². The van der Waals surface area contributed by atoms with Gasteiger partial charge < -0.3 is 30.2 Å². The van der Waals surface area contributed by atoms with E-state index in [4.69, 9.17) is 14.2 Å². The van der Waals surface area contributed by atoms with Gasteiger partial charge in [0.25, 0.3) is 0 Å². The molecule has 2 rings (SSSR count). The number of aliphatic imine (C=N–C) groups is 1. The van der Waals surface area contributed by atoms with Gasteiger partial charge in [0.2, 0.25) is 6.79 Å². The molecule has 1 aromatic carbocycles. The van der Waals surface area contributed by atoms with E-state index < -0.39 is 11.7 Å². The van der Waals surface area contributed by atoms with Crippen LogP contribution in [0.15, 0.2) is 23.2 Å². The highest BCUT2D eigenvalue weighted by Gasteiger charge is 2.15. The monoisotopic (exact) mass is 364 g/mol. The molecule has 1 heterocycles. The van der Waals surface area contributed by atoms with E-state index in [0.29, 0.717) is 19.0 Å². The maximum absolute atomic E-state index is 11.6. The number of hydrogen-bond donors (Lipinski definition) is 3. The SMILES string of the molecule is CN=C(NCCNC(=O)OC(C)(C)C)NCCc1ccc2c(c1)OCO2. The average Bonchev–Trinajstić information content (AvgIpc) is 3.03. The number of benzene rings is 1. The van der Waals surface area contributed by atoms with Crippen molar-refractivity contribution in [2.75, 3.05) is 33.5 Å². The van der Waals surface area contributed by atoms with Crippen LogP contribution in [0.5, 0.6) is 11.5 Å². The van der Waals surface area contributed by atoms with E-state index in [1.165, 1.54) is 0 Å². The third kappa shape index (κ3) is 6.70. The van der Waals surface area contributed by atoms with Gasteiger partial charge in [-0.3, -0.25) is 4.99 Å². The van der Waals surface area contributed by atoms with Gasteiger partial charge in [0.1, 0.15) is 5.60 Å². The minimum absolute atomic E-state index is 0.283. The predicted molar refractivity (Wildman–Crippen MR) is 99.9 cm³/mol. The lowest BCUT2D eigenvalue weighted by atomic mass is 10.1. The summed E-state index contributed by atoms with van der Waals surface area (Å²) in [4.78, 5) is 15.7. The molecule has 0 aromatic heterocycles. The predicted octanol–water partition coefficient (Wildman–Crippen LogP) is 1.65. The van der Waals surface area contributed by atoms with Gasteiger partial charge in [-0.05, 0) is 44.9 Å². The largest absolute Gasteiger partial charge is 0.454 e. The summed E-state index contributed by atoms with van der Waals surface area (Å²) in [6, 6.07) is 5.94. The summed E-state index contributed by atoms with van der Waals surface area (Å²) < 4.78 is 15.9. The van der Waals surface area contributed by atoms with Crippen LogP contribution in [-0.2, 0) is 11.2 Å². The van der Waals surface area contributed by atoms with Crippen LogP contribution < -0.4 is 25.4 Å². The molecular weight excluding hydrogens is 336 g/mol. The summed E-state index contributed by atoms with van der Waals surface area (Å²) in [6.45, 7) is 7.48. The van der Waals surface area contributed by atoms with Crippen LogP contribution >= 0.6 is 0 Å². The Morgan fingerprint density at radius 2 is 1.81 bits per heavy atom. The van der Waals surface area contributed by atoms with Crippen molar-refractivity contribution in [3.8, 4) is 11.5 Å². The Morgan fingerprint density at radius 3 is 2.54 bits per heavy atom. The fraction of sp³-hybridized carbons (Fsp3) is 0.556. The lowest BCUT2D eigenvalue weighted by molar-refractivity contribution is 0.0529. The Kier molecular flexibility index (Phi) is 6.94. The van der Waals surface area contributed by atoms with E-state index in [-0.39, 0.29) is 6.79 Å². The van der Waals surface area contributed by atoms with Crippen LogP contribution in [0.2, 0.25) is 0 Å². The third-order valence-electron chi connectivity index (χ3n) is 3.45. The summed E-state index contributed by atoms with van der Waals surface area (Å²) in [5.74, 6) is 2.26. The molecule has 0 radical (unpaired) electrons. The number of fused-ring (bicyclic) bond motifs is 1. The van der Waals surface area contributed by atoms with Crippen molar-refractivity contribution in [3.63, 3.8) is 0 Å². The normalized spacial score (nSPS) is 13.3. The van der Waals surface area contributed by atoms with Crippen LogP contribution in [-0.4, -0.2) is 51.1 Å².